The molecule has 0 bridgehead atoms. The fourth-order valence-electron chi connectivity index (χ4n) is 2.42. The van der Waals surface area contributed by atoms with Crippen LogP contribution in [0.25, 0.3) is 0 Å². The molecular formula is C11H22N2O2. The Balaban J connectivity index is 2.65. The summed E-state index contributed by atoms with van der Waals surface area (Å²) in [5.74, 6) is -0.707. The quantitative estimate of drug-likeness (QED) is 0.714. The number of nitrogens with one attached hydrogen (secondary N) is 1. The van der Waals surface area contributed by atoms with Crippen molar-refractivity contribution in [1.29, 1.82) is 0 Å². The molecule has 0 aromatic heterocycles. The van der Waals surface area contributed by atoms with Crippen LogP contribution in [-0.2, 0) is 4.79 Å². The summed E-state index contributed by atoms with van der Waals surface area (Å²) in [5.41, 5.74) is -0.212. The van der Waals surface area contributed by atoms with Gasteiger partial charge in [0.1, 0.15) is 0 Å². The molecule has 1 aliphatic heterocycles. The first-order valence-electron chi connectivity index (χ1n) is 5.66. The van der Waals surface area contributed by atoms with E-state index < -0.39 is 5.97 Å². The van der Waals surface area contributed by atoms with Crippen LogP contribution in [0.15, 0.2) is 0 Å². The highest BCUT2D eigenvalue weighted by Gasteiger charge is 2.41. The Morgan fingerprint density at radius 1 is 1.67 bits per heavy atom. The van der Waals surface area contributed by atoms with Gasteiger partial charge in [0.15, 0.2) is 0 Å². The van der Waals surface area contributed by atoms with Crippen LogP contribution in [0.3, 0.4) is 0 Å². The van der Waals surface area contributed by atoms with Crippen LogP contribution in [0.2, 0.25) is 0 Å². The second kappa shape index (κ2) is 4.94. The highest BCUT2D eigenvalue weighted by molar-refractivity contribution is 5.68. The molecular weight excluding hydrogens is 192 g/mol. The minimum atomic E-state index is -0.707. The molecule has 0 saturated carbocycles. The molecule has 1 saturated heterocycles. The van der Waals surface area contributed by atoms with Gasteiger partial charge in [-0.25, -0.2) is 0 Å². The van der Waals surface area contributed by atoms with Crippen molar-refractivity contribution in [1.82, 2.24) is 10.2 Å². The van der Waals surface area contributed by atoms with Crippen molar-refractivity contribution < 1.29 is 9.90 Å². The molecule has 1 heterocycles. The molecule has 0 aromatic rings. The van der Waals surface area contributed by atoms with E-state index in [-0.39, 0.29) is 12.0 Å². The van der Waals surface area contributed by atoms with Crippen LogP contribution in [0.4, 0.5) is 0 Å². The lowest BCUT2D eigenvalue weighted by molar-refractivity contribution is -0.138. The first-order valence-corrected chi connectivity index (χ1v) is 5.66. The van der Waals surface area contributed by atoms with Gasteiger partial charge in [-0.1, -0.05) is 6.92 Å². The fourth-order valence-corrected chi connectivity index (χ4v) is 2.42. The number of carbonyl (C=O) groups is 1. The molecule has 1 fully saturated rings. The number of hydrogen-bond donors (Lipinski definition) is 2. The molecule has 0 radical (unpaired) electrons. The summed E-state index contributed by atoms with van der Waals surface area (Å²) in [6.07, 6.45) is 2.19. The third-order valence-corrected chi connectivity index (χ3v) is 3.23. The Hall–Kier alpha value is -0.610. The van der Waals surface area contributed by atoms with Gasteiger partial charge >= 0.3 is 5.97 Å². The summed E-state index contributed by atoms with van der Waals surface area (Å²) < 4.78 is 0. The molecule has 0 aliphatic carbocycles. The largest absolute Gasteiger partial charge is 0.481 e. The average Bonchev–Trinajstić information content (AvgIpc) is 2.38. The van der Waals surface area contributed by atoms with E-state index in [0.29, 0.717) is 6.04 Å². The number of hydrogen-bond acceptors (Lipinski definition) is 3. The SMILES string of the molecule is CCCNC1(CC(=O)O)CC(C)N(C)C1. The first kappa shape index (κ1) is 12.5. The Labute approximate surface area is 91.6 Å². The molecule has 88 valence electrons. The summed E-state index contributed by atoms with van der Waals surface area (Å²) in [6.45, 7) is 5.98. The van der Waals surface area contributed by atoms with Crippen LogP contribution in [-0.4, -0.2) is 47.7 Å². The molecule has 2 unspecified atom stereocenters. The van der Waals surface area contributed by atoms with Gasteiger partial charge in [-0.05, 0) is 33.4 Å². The van der Waals surface area contributed by atoms with Crippen LogP contribution in [0.5, 0.6) is 0 Å². The monoisotopic (exact) mass is 214 g/mol. The maximum Gasteiger partial charge on any atom is 0.305 e. The van der Waals surface area contributed by atoms with Gasteiger partial charge in [-0.2, -0.15) is 0 Å². The molecule has 0 amide bonds. The summed E-state index contributed by atoms with van der Waals surface area (Å²) >= 11 is 0. The Morgan fingerprint density at radius 2 is 2.33 bits per heavy atom. The number of rotatable bonds is 5. The lowest BCUT2D eigenvalue weighted by atomic mass is 9.92. The molecule has 0 spiro atoms. The highest BCUT2D eigenvalue weighted by atomic mass is 16.4. The summed E-state index contributed by atoms with van der Waals surface area (Å²) in [4.78, 5) is 13.1. The van der Waals surface area contributed by atoms with E-state index in [1.165, 1.54) is 0 Å². The maximum absolute atomic E-state index is 10.9. The first-order chi connectivity index (χ1) is 6.99. The summed E-state index contributed by atoms with van der Waals surface area (Å²) in [5, 5.41) is 12.4. The van der Waals surface area contributed by atoms with E-state index in [2.05, 4.69) is 31.1 Å². The van der Waals surface area contributed by atoms with Crippen molar-refractivity contribution in [2.45, 2.75) is 44.7 Å². The standard InChI is InChI=1S/C11H22N2O2/c1-4-5-12-11(7-10(14)15)6-9(2)13(3)8-11/h9,12H,4-8H2,1-3H3,(H,14,15). The van der Waals surface area contributed by atoms with Crippen molar-refractivity contribution in [2.75, 3.05) is 20.1 Å². The van der Waals surface area contributed by atoms with Crippen LogP contribution in [0.1, 0.15) is 33.1 Å². The molecule has 1 aliphatic rings. The third-order valence-electron chi connectivity index (χ3n) is 3.23. The second-order valence-corrected chi connectivity index (χ2v) is 4.75. The van der Waals surface area contributed by atoms with Crippen molar-refractivity contribution in [3.05, 3.63) is 0 Å². The zero-order valence-electron chi connectivity index (χ0n) is 9.92. The van der Waals surface area contributed by atoms with E-state index in [1.54, 1.807) is 0 Å². The van der Waals surface area contributed by atoms with Gasteiger partial charge in [0.05, 0.1) is 6.42 Å². The summed E-state index contributed by atoms with van der Waals surface area (Å²) in [6, 6.07) is 0.466. The van der Waals surface area contributed by atoms with Crippen LogP contribution >= 0.6 is 0 Å². The molecule has 4 heteroatoms. The number of likely N-dealkylation sites (N-methyl/N-ethyl adjacent to an activating group) is 1. The zero-order chi connectivity index (χ0) is 11.5. The molecule has 1 rings (SSSR count). The number of likely N-dealkylation sites (tertiary alicyclic amines) is 1. The fraction of sp³-hybridized carbons (Fsp3) is 0.909. The normalized spacial score (nSPS) is 32.1. The predicted molar refractivity (Wildman–Crippen MR) is 60.0 cm³/mol. The van der Waals surface area contributed by atoms with E-state index in [9.17, 15) is 4.79 Å². The van der Waals surface area contributed by atoms with Gasteiger partial charge in [0.2, 0.25) is 0 Å². The van der Waals surface area contributed by atoms with Crippen molar-refractivity contribution in [3.8, 4) is 0 Å². The van der Waals surface area contributed by atoms with Gasteiger partial charge in [-0.3, -0.25) is 4.79 Å². The van der Waals surface area contributed by atoms with E-state index in [4.69, 9.17) is 5.11 Å². The highest BCUT2D eigenvalue weighted by Crippen LogP contribution is 2.28. The van der Waals surface area contributed by atoms with Gasteiger partial charge < -0.3 is 15.3 Å². The maximum atomic E-state index is 10.9. The minimum absolute atomic E-state index is 0.212. The van der Waals surface area contributed by atoms with E-state index >= 15 is 0 Å². The number of nitrogens with zero attached hydrogens (tertiary/aromatic N) is 1. The van der Waals surface area contributed by atoms with Gasteiger partial charge in [-0.15, -0.1) is 0 Å². The zero-order valence-corrected chi connectivity index (χ0v) is 9.92. The topological polar surface area (TPSA) is 52.6 Å². The lowest BCUT2D eigenvalue weighted by Gasteiger charge is -2.28. The molecule has 2 atom stereocenters. The molecule has 0 aromatic carbocycles. The lowest BCUT2D eigenvalue weighted by Crippen LogP contribution is -2.49. The predicted octanol–water partition coefficient (Wildman–Crippen LogP) is 0.924. The van der Waals surface area contributed by atoms with Crippen molar-refractivity contribution in [2.24, 2.45) is 0 Å². The Bertz CT molecular complexity index is 221. The Kier molecular flexibility index (Phi) is 4.11. The smallest absolute Gasteiger partial charge is 0.305 e. The van der Waals surface area contributed by atoms with Crippen LogP contribution in [0, 0.1) is 0 Å². The van der Waals surface area contributed by atoms with Crippen LogP contribution < -0.4 is 5.32 Å². The third kappa shape index (κ3) is 3.18. The molecule has 4 nitrogen and oxygen atoms in total. The summed E-state index contributed by atoms with van der Waals surface area (Å²) in [7, 11) is 2.06. The van der Waals surface area contributed by atoms with E-state index in [0.717, 1.165) is 25.9 Å². The van der Waals surface area contributed by atoms with Gasteiger partial charge in [0, 0.05) is 18.1 Å². The molecule has 15 heavy (non-hydrogen) atoms. The van der Waals surface area contributed by atoms with Gasteiger partial charge in [0.25, 0.3) is 0 Å². The number of carboxylic acid groups (broad SMARTS) is 1. The number of carboxylic acids is 1. The minimum Gasteiger partial charge on any atom is -0.481 e. The average molecular weight is 214 g/mol. The van der Waals surface area contributed by atoms with E-state index in [1.807, 2.05) is 0 Å². The second-order valence-electron chi connectivity index (χ2n) is 4.75. The Morgan fingerprint density at radius 3 is 2.73 bits per heavy atom. The number of aliphatic carboxylic acids is 1. The van der Waals surface area contributed by atoms with Crippen molar-refractivity contribution >= 4 is 5.97 Å². The molecule has 2 N–H and O–H groups in total. The van der Waals surface area contributed by atoms with Crippen molar-refractivity contribution in [3.63, 3.8) is 0 Å².